The maximum absolute atomic E-state index is 11.4. The molecule has 0 heterocycles. The highest BCUT2D eigenvalue weighted by atomic mass is 16.4. The molecule has 0 saturated carbocycles. The molecule has 2 rings (SSSR count). The van der Waals surface area contributed by atoms with Gasteiger partial charge in [-0.15, -0.1) is 0 Å². The van der Waals surface area contributed by atoms with Gasteiger partial charge >= 0.3 is 5.97 Å². The van der Waals surface area contributed by atoms with E-state index in [9.17, 15) is 14.7 Å². The number of rotatable bonds is 3. The highest BCUT2D eigenvalue weighted by Gasteiger charge is 2.42. The van der Waals surface area contributed by atoms with E-state index in [-0.39, 0.29) is 6.42 Å². The van der Waals surface area contributed by atoms with Gasteiger partial charge in [0, 0.05) is 0 Å². The zero-order valence-corrected chi connectivity index (χ0v) is 9.17. The molecule has 1 aromatic rings. The van der Waals surface area contributed by atoms with Crippen LogP contribution >= 0.6 is 0 Å². The summed E-state index contributed by atoms with van der Waals surface area (Å²) in [5.74, 6) is -1.10. The number of aldehydes is 1. The highest BCUT2D eigenvalue weighted by Crippen LogP contribution is 2.39. The minimum Gasteiger partial charge on any atom is -0.480 e. The van der Waals surface area contributed by atoms with Crippen LogP contribution in [0.1, 0.15) is 12.0 Å². The molecule has 0 bridgehead atoms. The van der Waals surface area contributed by atoms with Gasteiger partial charge in [0.15, 0.2) is 5.41 Å². The van der Waals surface area contributed by atoms with Crippen LogP contribution in [0.15, 0.2) is 48.6 Å². The number of carboxylic acid groups (broad SMARTS) is 1. The summed E-state index contributed by atoms with van der Waals surface area (Å²) in [6.07, 6.45) is 5.91. The van der Waals surface area contributed by atoms with Crippen molar-refractivity contribution in [1.82, 2.24) is 0 Å². The zero-order chi connectivity index (χ0) is 12.3. The van der Waals surface area contributed by atoms with Crippen LogP contribution in [0.25, 0.3) is 5.57 Å². The SMILES string of the molecule is O=CC1(C(=O)O)CC=CC=C1c1ccccc1. The van der Waals surface area contributed by atoms with Gasteiger partial charge < -0.3 is 9.90 Å². The summed E-state index contributed by atoms with van der Waals surface area (Å²) in [4.78, 5) is 22.6. The van der Waals surface area contributed by atoms with Crippen molar-refractivity contribution in [2.24, 2.45) is 5.41 Å². The second kappa shape index (κ2) is 4.37. The normalized spacial score (nSPS) is 22.9. The Morgan fingerprint density at radius 1 is 1.29 bits per heavy atom. The third-order valence-electron chi connectivity index (χ3n) is 2.99. The third kappa shape index (κ3) is 1.80. The van der Waals surface area contributed by atoms with Gasteiger partial charge in [-0.25, -0.2) is 0 Å². The Labute approximate surface area is 99.1 Å². The molecule has 1 aliphatic carbocycles. The molecular weight excluding hydrogens is 216 g/mol. The van der Waals surface area contributed by atoms with E-state index in [0.717, 1.165) is 5.56 Å². The van der Waals surface area contributed by atoms with Gasteiger partial charge in [-0.1, -0.05) is 48.6 Å². The smallest absolute Gasteiger partial charge is 0.321 e. The lowest BCUT2D eigenvalue weighted by atomic mass is 9.73. The van der Waals surface area contributed by atoms with E-state index in [1.807, 2.05) is 30.3 Å². The van der Waals surface area contributed by atoms with Gasteiger partial charge in [0.2, 0.25) is 0 Å². The van der Waals surface area contributed by atoms with Crippen molar-refractivity contribution < 1.29 is 14.7 Å². The Morgan fingerprint density at radius 3 is 2.59 bits per heavy atom. The Morgan fingerprint density at radius 2 is 2.00 bits per heavy atom. The molecule has 1 atom stereocenters. The van der Waals surface area contributed by atoms with E-state index in [4.69, 9.17) is 0 Å². The standard InChI is InChI=1S/C14H12O3/c15-10-14(13(16)17)9-5-4-8-12(14)11-6-2-1-3-7-11/h1-8,10H,9H2,(H,16,17). The van der Waals surface area contributed by atoms with Crippen LogP contribution in [0.3, 0.4) is 0 Å². The van der Waals surface area contributed by atoms with Gasteiger partial charge in [-0.3, -0.25) is 4.79 Å². The summed E-state index contributed by atoms with van der Waals surface area (Å²) in [5.41, 5.74) is -0.134. The summed E-state index contributed by atoms with van der Waals surface area (Å²) in [6.45, 7) is 0. The predicted molar refractivity (Wildman–Crippen MR) is 64.3 cm³/mol. The summed E-state index contributed by atoms with van der Waals surface area (Å²) in [5, 5.41) is 9.31. The lowest BCUT2D eigenvalue weighted by molar-refractivity contribution is -0.147. The Bertz CT molecular complexity index is 499. The summed E-state index contributed by atoms with van der Waals surface area (Å²) in [6, 6.07) is 9.13. The average Bonchev–Trinajstić information content (AvgIpc) is 2.39. The molecule has 0 fully saturated rings. The topological polar surface area (TPSA) is 54.4 Å². The highest BCUT2D eigenvalue weighted by molar-refractivity contribution is 6.07. The first-order chi connectivity index (χ1) is 8.20. The van der Waals surface area contributed by atoms with E-state index >= 15 is 0 Å². The Kier molecular flexibility index (Phi) is 2.91. The molecule has 0 spiro atoms. The zero-order valence-electron chi connectivity index (χ0n) is 9.17. The number of allylic oxidation sites excluding steroid dienone is 3. The van der Waals surface area contributed by atoms with Crippen molar-refractivity contribution in [2.75, 3.05) is 0 Å². The fourth-order valence-corrected chi connectivity index (χ4v) is 2.01. The van der Waals surface area contributed by atoms with Crippen molar-refractivity contribution in [3.8, 4) is 0 Å². The Hall–Kier alpha value is -2.16. The molecular formula is C14H12O3. The molecule has 0 aliphatic heterocycles. The molecule has 0 saturated heterocycles. The molecule has 1 N–H and O–H groups in total. The molecule has 17 heavy (non-hydrogen) atoms. The largest absolute Gasteiger partial charge is 0.480 e. The fourth-order valence-electron chi connectivity index (χ4n) is 2.01. The number of hydrogen-bond acceptors (Lipinski definition) is 2. The molecule has 0 amide bonds. The van der Waals surface area contributed by atoms with Gasteiger partial charge in [-0.05, 0) is 17.6 Å². The molecule has 0 aromatic heterocycles. The minimum absolute atomic E-state index is 0.201. The number of carbonyl (C=O) groups is 2. The summed E-state index contributed by atoms with van der Waals surface area (Å²) >= 11 is 0. The van der Waals surface area contributed by atoms with Crippen LogP contribution in [-0.2, 0) is 9.59 Å². The summed E-state index contributed by atoms with van der Waals surface area (Å²) < 4.78 is 0. The number of carboxylic acids is 1. The van der Waals surface area contributed by atoms with E-state index < -0.39 is 11.4 Å². The van der Waals surface area contributed by atoms with E-state index in [1.54, 1.807) is 18.2 Å². The van der Waals surface area contributed by atoms with Crippen molar-refractivity contribution in [3.05, 3.63) is 54.1 Å². The fraction of sp³-hybridized carbons (Fsp3) is 0.143. The number of aliphatic carboxylic acids is 1. The van der Waals surface area contributed by atoms with Gasteiger partial charge in [0.05, 0.1) is 0 Å². The molecule has 1 aromatic carbocycles. The third-order valence-corrected chi connectivity index (χ3v) is 2.99. The Balaban J connectivity index is 2.56. The second-order valence-electron chi connectivity index (χ2n) is 3.97. The first-order valence-electron chi connectivity index (χ1n) is 5.33. The first-order valence-corrected chi connectivity index (χ1v) is 5.33. The maximum Gasteiger partial charge on any atom is 0.321 e. The van der Waals surface area contributed by atoms with Crippen LogP contribution in [0.5, 0.6) is 0 Å². The van der Waals surface area contributed by atoms with Crippen LogP contribution in [0.4, 0.5) is 0 Å². The number of hydrogen-bond donors (Lipinski definition) is 1. The van der Waals surface area contributed by atoms with Crippen LogP contribution in [-0.4, -0.2) is 17.4 Å². The molecule has 1 unspecified atom stereocenters. The second-order valence-corrected chi connectivity index (χ2v) is 3.97. The van der Waals surface area contributed by atoms with Crippen LogP contribution < -0.4 is 0 Å². The molecule has 86 valence electrons. The average molecular weight is 228 g/mol. The van der Waals surface area contributed by atoms with Crippen LogP contribution in [0.2, 0.25) is 0 Å². The van der Waals surface area contributed by atoms with Crippen molar-refractivity contribution in [1.29, 1.82) is 0 Å². The molecule has 3 heteroatoms. The maximum atomic E-state index is 11.4. The van der Waals surface area contributed by atoms with E-state index in [2.05, 4.69) is 0 Å². The number of carbonyl (C=O) groups excluding carboxylic acids is 1. The minimum atomic E-state index is -1.45. The van der Waals surface area contributed by atoms with Gasteiger partial charge in [0.25, 0.3) is 0 Å². The summed E-state index contributed by atoms with van der Waals surface area (Å²) in [7, 11) is 0. The lowest BCUT2D eigenvalue weighted by Gasteiger charge is -2.27. The first kappa shape index (κ1) is 11.3. The molecule has 3 nitrogen and oxygen atoms in total. The van der Waals surface area contributed by atoms with Crippen LogP contribution in [0, 0.1) is 5.41 Å². The van der Waals surface area contributed by atoms with Gasteiger partial charge in [0.1, 0.15) is 6.29 Å². The lowest BCUT2D eigenvalue weighted by Crippen LogP contribution is -2.34. The van der Waals surface area contributed by atoms with E-state index in [1.165, 1.54) is 0 Å². The molecule has 0 radical (unpaired) electrons. The van der Waals surface area contributed by atoms with Crippen molar-refractivity contribution in [2.45, 2.75) is 6.42 Å². The van der Waals surface area contributed by atoms with Crippen molar-refractivity contribution >= 4 is 17.8 Å². The monoisotopic (exact) mass is 228 g/mol. The predicted octanol–water partition coefficient (Wildman–Crippen LogP) is 2.30. The van der Waals surface area contributed by atoms with Gasteiger partial charge in [-0.2, -0.15) is 0 Å². The quantitative estimate of drug-likeness (QED) is 0.638. The number of benzene rings is 1. The van der Waals surface area contributed by atoms with Crippen molar-refractivity contribution in [3.63, 3.8) is 0 Å². The molecule has 1 aliphatic rings. The van der Waals surface area contributed by atoms with E-state index in [0.29, 0.717) is 11.9 Å².